The molecule has 0 saturated carbocycles. The molecule has 0 bridgehead atoms. The molecule has 2 aromatic carbocycles. The molecule has 0 unspecified atom stereocenters. The highest BCUT2D eigenvalue weighted by atomic mass is 16.6. The van der Waals surface area contributed by atoms with Gasteiger partial charge in [0.05, 0.1) is 0 Å². The number of hydrogen-bond acceptors (Lipinski definition) is 4. The Balaban J connectivity index is 2.08. The predicted molar refractivity (Wildman–Crippen MR) is 93.8 cm³/mol. The van der Waals surface area contributed by atoms with Crippen LogP contribution in [0.5, 0.6) is 0 Å². The van der Waals surface area contributed by atoms with Gasteiger partial charge >= 0.3 is 6.09 Å². The highest BCUT2D eigenvalue weighted by Gasteiger charge is 2.16. The number of ether oxygens (including phenoxy) is 1. The fraction of sp³-hybridized carbons (Fsp3) is 0.263. The molecule has 2 aromatic rings. The molecule has 0 heterocycles. The topological polar surface area (TPSA) is 81.4 Å². The monoisotopic (exact) mass is 326 g/mol. The number of amides is 1. The van der Waals surface area contributed by atoms with Crippen LogP contribution in [0, 0.1) is 0 Å². The van der Waals surface area contributed by atoms with Gasteiger partial charge in [-0.05, 0) is 44.5 Å². The Morgan fingerprint density at radius 3 is 2.46 bits per heavy atom. The molecule has 0 aliphatic heterocycles. The number of ketones is 1. The third-order valence-electron chi connectivity index (χ3n) is 3.23. The summed E-state index contributed by atoms with van der Waals surface area (Å²) in [6, 6.07) is 14.0. The average molecular weight is 326 g/mol. The van der Waals surface area contributed by atoms with Gasteiger partial charge in [-0.15, -0.1) is 0 Å². The van der Waals surface area contributed by atoms with Gasteiger partial charge in [-0.2, -0.15) is 0 Å². The van der Waals surface area contributed by atoms with Gasteiger partial charge in [0.2, 0.25) is 0 Å². The molecule has 3 N–H and O–H groups in total. The molecular formula is C19H22N2O3. The van der Waals surface area contributed by atoms with Gasteiger partial charge in [-0.1, -0.05) is 30.3 Å². The van der Waals surface area contributed by atoms with Crippen molar-refractivity contribution in [1.29, 1.82) is 0 Å². The lowest BCUT2D eigenvalue weighted by Crippen LogP contribution is -2.32. The van der Waals surface area contributed by atoms with Gasteiger partial charge in [-0.3, -0.25) is 4.79 Å². The minimum absolute atomic E-state index is 0.146. The molecule has 1 amide bonds. The van der Waals surface area contributed by atoms with Crippen molar-refractivity contribution < 1.29 is 14.3 Å². The zero-order valence-electron chi connectivity index (χ0n) is 14.1. The number of anilines is 1. The maximum atomic E-state index is 12.6. The van der Waals surface area contributed by atoms with Crippen LogP contribution < -0.4 is 11.1 Å². The summed E-state index contributed by atoms with van der Waals surface area (Å²) in [5.74, 6) is -0.146. The SMILES string of the molecule is CC(C)(C)OC(=O)NCc1cccc(C(=O)c2ccccc2N)c1. The first-order valence-electron chi connectivity index (χ1n) is 7.71. The van der Waals surface area contributed by atoms with Crippen LogP contribution in [0.25, 0.3) is 0 Å². The Morgan fingerprint density at radius 2 is 1.79 bits per heavy atom. The summed E-state index contributed by atoms with van der Waals surface area (Å²) in [6.07, 6.45) is -0.494. The quantitative estimate of drug-likeness (QED) is 0.665. The lowest BCUT2D eigenvalue weighted by atomic mass is 10.00. The number of nitrogens with two attached hydrogens (primary N) is 1. The summed E-state index contributed by atoms with van der Waals surface area (Å²) >= 11 is 0. The summed E-state index contributed by atoms with van der Waals surface area (Å²) in [5.41, 5.74) is 7.55. The van der Waals surface area contributed by atoms with E-state index in [0.29, 0.717) is 16.8 Å². The van der Waals surface area contributed by atoms with Gasteiger partial charge in [0.15, 0.2) is 5.78 Å². The van der Waals surface area contributed by atoms with Gasteiger partial charge in [0.25, 0.3) is 0 Å². The summed E-state index contributed by atoms with van der Waals surface area (Å²) < 4.78 is 5.19. The molecule has 5 heteroatoms. The number of carbonyl (C=O) groups excluding carboxylic acids is 2. The Hall–Kier alpha value is -2.82. The van der Waals surface area contributed by atoms with Crippen molar-refractivity contribution in [1.82, 2.24) is 5.32 Å². The van der Waals surface area contributed by atoms with Gasteiger partial charge < -0.3 is 15.8 Å². The molecule has 0 saturated heterocycles. The Bertz CT molecular complexity index is 748. The summed E-state index contributed by atoms with van der Waals surface area (Å²) in [4.78, 5) is 24.3. The van der Waals surface area contributed by atoms with Crippen molar-refractivity contribution in [3.63, 3.8) is 0 Å². The van der Waals surface area contributed by atoms with Crippen molar-refractivity contribution in [2.24, 2.45) is 0 Å². The Kier molecular flexibility index (Phi) is 5.24. The van der Waals surface area contributed by atoms with E-state index in [1.807, 2.05) is 6.07 Å². The first-order valence-corrected chi connectivity index (χ1v) is 7.71. The average Bonchev–Trinajstić information content (AvgIpc) is 2.51. The molecule has 0 aromatic heterocycles. The van der Waals surface area contributed by atoms with E-state index in [1.165, 1.54) is 0 Å². The maximum Gasteiger partial charge on any atom is 0.407 e. The normalized spacial score (nSPS) is 11.0. The molecule has 5 nitrogen and oxygen atoms in total. The minimum atomic E-state index is -0.549. The Labute approximate surface area is 141 Å². The van der Waals surface area contributed by atoms with Crippen LogP contribution in [0.2, 0.25) is 0 Å². The highest BCUT2D eigenvalue weighted by Crippen LogP contribution is 2.17. The van der Waals surface area contributed by atoms with Crippen LogP contribution in [-0.2, 0) is 11.3 Å². The van der Waals surface area contributed by atoms with Crippen LogP contribution in [0.4, 0.5) is 10.5 Å². The second-order valence-corrected chi connectivity index (χ2v) is 6.47. The molecule has 126 valence electrons. The molecule has 0 fully saturated rings. The zero-order chi connectivity index (χ0) is 17.7. The number of para-hydroxylation sites is 1. The van der Waals surface area contributed by atoms with E-state index in [0.717, 1.165) is 5.56 Å². The molecule has 0 aliphatic carbocycles. The van der Waals surface area contributed by atoms with Crippen molar-refractivity contribution in [2.45, 2.75) is 32.9 Å². The van der Waals surface area contributed by atoms with Crippen molar-refractivity contribution in [3.8, 4) is 0 Å². The lowest BCUT2D eigenvalue weighted by Gasteiger charge is -2.19. The second-order valence-electron chi connectivity index (χ2n) is 6.47. The van der Waals surface area contributed by atoms with Crippen LogP contribution in [0.1, 0.15) is 42.3 Å². The highest BCUT2D eigenvalue weighted by molar-refractivity contribution is 6.12. The molecule has 24 heavy (non-hydrogen) atoms. The van der Waals surface area contributed by atoms with Crippen LogP contribution >= 0.6 is 0 Å². The number of alkyl carbamates (subject to hydrolysis) is 1. The molecule has 0 atom stereocenters. The number of carbonyl (C=O) groups is 2. The van der Waals surface area contributed by atoms with E-state index < -0.39 is 11.7 Å². The van der Waals surface area contributed by atoms with Gasteiger partial charge in [0, 0.05) is 23.4 Å². The fourth-order valence-electron chi connectivity index (χ4n) is 2.17. The van der Waals surface area contributed by atoms with E-state index in [4.69, 9.17) is 10.5 Å². The first-order chi connectivity index (χ1) is 11.3. The summed E-state index contributed by atoms with van der Waals surface area (Å²) in [7, 11) is 0. The fourth-order valence-corrected chi connectivity index (χ4v) is 2.17. The van der Waals surface area contributed by atoms with Crippen LogP contribution in [0.3, 0.4) is 0 Å². The second kappa shape index (κ2) is 7.17. The number of nitrogen functional groups attached to an aromatic ring is 1. The number of rotatable bonds is 4. The van der Waals surface area contributed by atoms with Crippen molar-refractivity contribution >= 4 is 17.6 Å². The van der Waals surface area contributed by atoms with Crippen LogP contribution in [-0.4, -0.2) is 17.5 Å². The van der Waals surface area contributed by atoms with E-state index >= 15 is 0 Å². The molecular weight excluding hydrogens is 304 g/mol. The number of benzene rings is 2. The van der Waals surface area contributed by atoms with Crippen molar-refractivity contribution in [2.75, 3.05) is 5.73 Å². The van der Waals surface area contributed by atoms with Crippen LogP contribution in [0.15, 0.2) is 48.5 Å². The zero-order valence-corrected chi connectivity index (χ0v) is 14.1. The molecule has 0 radical (unpaired) electrons. The van der Waals surface area contributed by atoms with Gasteiger partial charge in [-0.25, -0.2) is 4.79 Å². The third kappa shape index (κ3) is 4.84. The lowest BCUT2D eigenvalue weighted by molar-refractivity contribution is 0.0523. The standard InChI is InChI=1S/C19H22N2O3/c1-19(2,3)24-18(23)21-12-13-7-6-8-14(11-13)17(22)15-9-4-5-10-16(15)20/h4-11H,12,20H2,1-3H3,(H,21,23). The largest absolute Gasteiger partial charge is 0.444 e. The molecule has 0 aliphatic rings. The van der Waals surface area contributed by atoms with E-state index in [1.54, 1.807) is 63.2 Å². The summed E-state index contributed by atoms with van der Waals surface area (Å²) in [5, 5.41) is 2.68. The third-order valence-corrected chi connectivity index (χ3v) is 3.23. The first kappa shape index (κ1) is 17.5. The predicted octanol–water partition coefficient (Wildman–Crippen LogP) is 3.52. The van der Waals surface area contributed by atoms with Gasteiger partial charge in [0.1, 0.15) is 5.60 Å². The molecule has 2 rings (SSSR count). The van der Waals surface area contributed by atoms with Crippen molar-refractivity contribution in [3.05, 3.63) is 65.2 Å². The molecule has 0 spiro atoms. The van der Waals surface area contributed by atoms with E-state index in [2.05, 4.69) is 5.32 Å². The number of hydrogen-bond donors (Lipinski definition) is 2. The Morgan fingerprint density at radius 1 is 1.08 bits per heavy atom. The smallest absolute Gasteiger partial charge is 0.407 e. The van der Waals surface area contributed by atoms with E-state index in [9.17, 15) is 9.59 Å². The maximum absolute atomic E-state index is 12.6. The van der Waals surface area contributed by atoms with E-state index in [-0.39, 0.29) is 12.3 Å². The number of nitrogens with one attached hydrogen (secondary N) is 1. The minimum Gasteiger partial charge on any atom is -0.444 e. The summed E-state index contributed by atoms with van der Waals surface area (Å²) in [6.45, 7) is 5.68.